The molecule has 0 spiro atoms. The lowest BCUT2D eigenvalue weighted by Crippen LogP contribution is -2.46. The van der Waals surface area contributed by atoms with Crippen LogP contribution in [0.3, 0.4) is 0 Å². The highest BCUT2D eigenvalue weighted by Crippen LogP contribution is 2.22. The van der Waals surface area contributed by atoms with Gasteiger partial charge in [0.25, 0.3) is 10.0 Å². The third-order valence-corrected chi connectivity index (χ3v) is 7.05. The van der Waals surface area contributed by atoms with Crippen LogP contribution in [0.5, 0.6) is 0 Å². The Hall–Kier alpha value is -3.24. The molecule has 2 heterocycles. The quantitative estimate of drug-likeness (QED) is 0.565. The van der Waals surface area contributed by atoms with Crippen LogP contribution >= 0.6 is 0 Å². The molecule has 3 N–H and O–H groups in total. The molecule has 1 fully saturated rings. The maximum atomic E-state index is 12.3. The molecule has 0 aliphatic carbocycles. The average Bonchev–Trinajstić information content (AvgIpc) is 3.06. The number of aliphatic imine (C=N–C) groups is 1. The summed E-state index contributed by atoms with van der Waals surface area (Å²) in [4.78, 5) is 31.1. The van der Waals surface area contributed by atoms with E-state index in [4.69, 9.17) is 0 Å². The van der Waals surface area contributed by atoms with Crippen LogP contribution in [0.4, 0.5) is 5.69 Å². The number of carbonyl (C=O) groups is 2. The topological polar surface area (TPSA) is 120 Å². The molecule has 0 atom stereocenters. The lowest BCUT2D eigenvalue weighted by molar-refractivity contribution is -0.122. The Morgan fingerprint density at radius 1 is 1.00 bits per heavy atom. The summed E-state index contributed by atoms with van der Waals surface area (Å²) < 4.78 is 26.7. The first-order valence-electron chi connectivity index (χ1n) is 10.9. The predicted octanol–water partition coefficient (Wildman–Crippen LogP) is 1.33. The molecule has 174 valence electrons. The van der Waals surface area contributed by atoms with Crippen molar-refractivity contribution in [3.8, 4) is 0 Å². The second kappa shape index (κ2) is 10.1. The highest BCUT2D eigenvalue weighted by molar-refractivity contribution is 7.90. The summed E-state index contributed by atoms with van der Waals surface area (Å²) in [7, 11) is -3.57. The first-order valence-corrected chi connectivity index (χ1v) is 12.4. The maximum Gasteiger partial charge on any atom is 0.263 e. The summed E-state index contributed by atoms with van der Waals surface area (Å²) in [5.74, 6) is 0.112. The van der Waals surface area contributed by atoms with Gasteiger partial charge in [0, 0.05) is 36.8 Å². The van der Waals surface area contributed by atoms with Crippen LogP contribution in [0.25, 0.3) is 0 Å². The van der Waals surface area contributed by atoms with Gasteiger partial charge < -0.3 is 10.6 Å². The fourth-order valence-electron chi connectivity index (χ4n) is 3.98. The second-order valence-electron chi connectivity index (χ2n) is 8.11. The molecule has 2 aromatic carbocycles. The van der Waals surface area contributed by atoms with Gasteiger partial charge in [0.05, 0.1) is 18.0 Å². The summed E-state index contributed by atoms with van der Waals surface area (Å²) in [5.41, 5.74) is 1.31. The Kier molecular flexibility index (Phi) is 7.05. The Bertz CT molecular complexity index is 1140. The number of para-hydroxylation sites is 1. The predicted molar refractivity (Wildman–Crippen MR) is 125 cm³/mol. The minimum Gasteiger partial charge on any atom is -0.353 e. The Morgan fingerprint density at radius 2 is 1.70 bits per heavy atom. The molecule has 0 bridgehead atoms. The number of carbonyl (C=O) groups excluding carboxylic acids is 2. The van der Waals surface area contributed by atoms with E-state index in [9.17, 15) is 18.0 Å². The van der Waals surface area contributed by atoms with Crippen LogP contribution in [-0.4, -0.2) is 63.2 Å². The van der Waals surface area contributed by atoms with E-state index in [2.05, 4.69) is 25.2 Å². The van der Waals surface area contributed by atoms with Crippen molar-refractivity contribution in [1.29, 1.82) is 0 Å². The molecule has 2 amide bonds. The number of piperidine rings is 1. The normalized spacial score (nSPS) is 19.0. The molecule has 2 aromatic rings. The monoisotopic (exact) mass is 469 g/mol. The summed E-state index contributed by atoms with van der Waals surface area (Å²) >= 11 is 0. The van der Waals surface area contributed by atoms with Crippen molar-refractivity contribution in [1.82, 2.24) is 14.9 Å². The Morgan fingerprint density at radius 3 is 2.45 bits per heavy atom. The number of anilines is 1. The van der Waals surface area contributed by atoms with E-state index in [1.807, 2.05) is 30.3 Å². The number of likely N-dealkylation sites (tertiary alicyclic amines) is 1. The molecule has 2 aliphatic rings. The smallest absolute Gasteiger partial charge is 0.263 e. The number of hydrogen-bond acceptors (Lipinski definition) is 6. The third kappa shape index (κ3) is 5.96. The zero-order chi connectivity index (χ0) is 23.3. The molecule has 1 saturated heterocycles. The van der Waals surface area contributed by atoms with E-state index >= 15 is 0 Å². The minimum absolute atomic E-state index is 0.0492. The van der Waals surface area contributed by atoms with Crippen LogP contribution in [0.15, 0.2) is 64.5 Å². The van der Waals surface area contributed by atoms with Crippen LogP contribution in [0.2, 0.25) is 0 Å². The van der Waals surface area contributed by atoms with E-state index in [0.717, 1.165) is 31.6 Å². The van der Waals surface area contributed by atoms with Gasteiger partial charge in [-0.3, -0.25) is 24.2 Å². The van der Waals surface area contributed by atoms with Crippen LogP contribution < -0.4 is 15.4 Å². The zero-order valence-corrected chi connectivity index (χ0v) is 19.0. The summed E-state index contributed by atoms with van der Waals surface area (Å²) in [6, 6.07) is 16.1. The number of fused-ring (bicyclic) bond motifs is 1. The third-order valence-electron chi connectivity index (χ3n) is 5.65. The molecular formula is C23H27N5O4S. The first-order chi connectivity index (χ1) is 15.9. The first kappa shape index (κ1) is 22.9. The number of benzene rings is 2. The summed E-state index contributed by atoms with van der Waals surface area (Å²) in [6.07, 6.45) is 1.71. The van der Waals surface area contributed by atoms with Gasteiger partial charge in [0.15, 0.2) is 0 Å². The fourth-order valence-corrected chi connectivity index (χ4v) is 5.23. The molecular weight excluding hydrogens is 442 g/mol. The van der Waals surface area contributed by atoms with Crippen molar-refractivity contribution in [2.24, 2.45) is 4.99 Å². The zero-order valence-electron chi connectivity index (χ0n) is 18.2. The molecule has 9 nitrogen and oxygen atoms in total. The maximum absolute atomic E-state index is 12.3. The van der Waals surface area contributed by atoms with E-state index in [1.165, 1.54) is 6.07 Å². The molecule has 4 rings (SSSR count). The number of rotatable bonds is 7. The van der Waals surface area contributed by atoms with Crippen molar-refractivity contribution in [3.05, 3.63) is 60.2 Å². The largest absolute Gasteiger partial charge is 0.353 e. The lowest BCUT2D eigenvalue weighted by atomic mass is 10.0. The van der Waals surface area contributed by atoms with Crippen LogP contribution in [0, 0.1) is 0 Å². The molecule has 0 radical (unpaired) electrons. The lowest BCUT2D eigenvalue weighted by Gasteiger charge is -2.31. The second-order valence-corrected chi connectivity index (χ2v) is 9.76. The van der Waals surface area contributed by atoms with Gasteiger partial charge in [-0.15, -0.1) is 0 Å². The SMILES string of the molecule is O=C(CN1CCC(NC(=O)CCN=C2NS(=O)(=O)c3ccccc32)CC1)Nc1ccccc1. The van der Waals surface area contributed by atoms with Crippen molar-refractivity contribution in [2.45, 2.75) is 30.2 Å². The highest BCUT2D eigenvalue weighted by atomic mass is 32.2. The number of amides is 2. The number of nitrogens with zero attached hydrogens (tertiary/aromatic N) is 2. The van der Waals surface area contributed by atoms with Gasteiger partial charge in [-0.25, -0.2) is 8.42 Å². The van der Waals surface area contributed by atoms with Crippen molar-refractivity contribution >= 4 is 33.4 Å². The van der Waals surface area contributed by atoms with Gasteiger partial charge in [-0.1, -0.05) is 30.3 Å². The summed E-state index contributed by atoms with van der Waals surface area (Å²) in [5, 5.41) is 5.90. The Balaban J connectivity index is 1.18. The van der Waals surface area contributed by atoms with E-state index in [-0.39, 0.29) is 41.6 Å². The Labute approximate surface area is 193 Å². The van der Waals surface area contributed by atoms with Gasteiger partial charge in [-0.2, -0.15) is 0 Å². The number of hydrogen-bond donors (Lipinski definition) is 3. The van der Waals surface area contributed by atoms with Crippen molar-refractivity contribution in [2.75, 3.05) is 31.5 Å². The molecule has 10 heteroatoms. The number of amidine groups is 1. The van der Waals surface area contributed by atoms with Crippen molar-refractivity contribution < 1.29 is 18.0 Å². The molecule has 0 unspecified atom stereocenters. The number of sulfonamides is 1. The molecule has 0 saturated carbocycles. The van der Waals surface area contributed by atoms with E-state index < -0.39 is 10.0 Å². The van der Waals surface area contributed by atoms with Crippen LogP contribution in [-0.2, 0) is 19.6 Å². The highest BCUT2D eigenvalue weighted by Gasteiger charge is 2.30. The van der Waals surface area contributed by atoms with Crippen molar-refractivity contribution in [3.63, 3.8) is 0 Å². The van der Waals surface area contributed by atoms with E-state index in [1.54, 1.807) is 18.2 Å². The fraction of sp³-hybridized carbons (Fsp3) is 0.348. The molecule has 2 aliphatic heterocycles. The van der Waals surface area contributed by atoms with Gasteiger partial charge in [0.1, 0.15) is 5.84 Å². The minimum atomic E-state index is -3.57. The van der Waals surface area contributed by atoms with Gasteiger partial charge in [-0.05, 0) is 37.1 Å². The average molecular weight is 470 g/mol. The molecule has 0 aromatic heterocycles. The molecule has 33 heavy (non-hydrogen) atoms. The van der Waals surface area contributed by atoms with Crippen LogP contribution in [0.1, 0.15) is 24.8 Å². The number of nitrogens with one attached hydrogen (secondary N) is 3. The van der Waals surface area contributed by atoms with E-state index in [0.29, 0.717) is 12.1 Å². The van der Waals surface area contributed by atoms with Gasteiger partial charge in [0.2, 0.25) is 11.8 Å². The summed E-state index contributed by atoms with van der Waals surface area (Å²) in [6.45, 7) is 1.98. The standard InChI is InChI=1S/C23H27N5O4S/c29-21(10-13-24-23-19-8-4-5-9-20(19)33(31,32)27-23)25-18-11-14-28(15-12-18)16-22(30)26-17-6-2-1-3-7-17/h1-9,18H,10-16H2,(H,24,27)(H,25,29)(H,26,30). The van der Waals surface area contributed by atoms with Gasteiger partial charge >= 0.3 is 0 Å².